The second-order valence-corrected chi connectivity index (χ2v) is 8.67. The van der Waals surface area contributed by atoms with Crippen molar-refractivity contribution in [2.24, 2.45) is 11.3 Å². The molecule has 1 atom stereocenters. The largest absolute Gasteiger partial charge is 0.396 e. The van der Waals surface area contributed by atoms with Gasteiger partial charge in [0.1, 0.15) is 0 Å². The minimum absolute atomic E-state index is 0.263. The van der Waals surface area contributed by atoms with Gasteiger partial charge in [-0.2, -0.15) is 5.26 Å². The lowest BCUT2D eigenvalue weighted by Gasteiger charge is -2.51. The van der Waals surface area contributed by atoms with Gasteiger partial charge in [-0.05, 0) is 79.7 Å². The molecule has 1 N–H and O–H groups in total. The Morgan fingerprint density at radius 3 is 2.38 bits per heavy atom. The molecule has 0 radical (unpaired) electrons. The zero-order valence-electron chi connectivity index (χ0n) is 17.0. The maximum Gasteiger partial charge on any atom is 0.0991 e. The molecule has 2 aliphatic rings. The van der Waals surface area contributed by atoms with Crippen LogP contribution in [-0.4, -0.2) is 52.7 Å². The van der Waals surface area contributed by atoms with Crippen molar-refractivity contribution < 1.29 is 5.11 Å². The average Bonchev–Trinajstić information content (AvgIpc) is 2.77. The highest BCUT2D eigenvalue weighted by Crippen LogP contribution is 2.45. The van der Waals surface area contributed by atoms with Gasteiger partial charge in [-0.15, -0.1) is 0 Å². The SMILES string of the molecule is N#Cc1cccc(CN2CCC3(CCN(Cc4ccncc4)CC3)[C@@H](CO)C2)c1. The molecule has 152 valence electrons. The molecule has 0 saturated carbocycles. The van der Waals surface area contributed by atoms with Crippen LogP contribution in [0.3, 0.4) is 0 Å². The van der Waals surface area contributed by atoms with Gasteiger partial charge in [-0.1, -0.05) is 12.1 Å². The van der Waals surface area contributed by atoms with Crippen LogP contribution in [0.25, 0.3) is 0 Å². The quantitative estimate of drug-likeness (QED) is 0.850. The molecule has 0 amide bonds. The highest BCUT2D eigenvalue weighted by atomic mass is 16.3. The summed E-state index contributed by atoms with van der Waals surface area (Å²) >= 11 is 0. The number of piperidine rings is 2. The fraction of sp³-hybridized carbons (Fsp3) is 0.500. The van der Waals surface area contributed by atoms with Gasteiger partial charge < -0.3 is 5.11 Å². The van der Waals surface area contributed by atoms with E-state index < -0.39 is 0 Å². The molecule has 2 fully saturated rings. The van der Waals surface area contributed by atoms with E-state index >= 15 is 0 Å². The monoisotopic (exact) mass is 390 g/mol. The second kappa shape index (κ2) is 9.04. The lowest BCUT2D eigenvalue weighted by Crippen LogP contribution is -2.53. The summed E-state index contributed by atoms with van der Waals surface area (Å²) in [5.74, 6) is 0.332. The molecule has 0 aliphatic carbocycles. The fourth-order valence-electron chi connectivity index (χ4n) is 5.14. The third kappa shape index (κ3) is 4.67. The van der Waals surface area contributed by atoms with Gasteiger partial charge in [-0.3, -0.25) is 14.8 Å². The molecule has 1 aromatic carbocycles. The molecule has 0 bridgehead atoms. The topological polar surface area (TPSA) is 63.4 Å². The standard InChI is InChI=1S/C24H30N4O/c25-15-21-2-1-3-22(14-21)17-28-13-8-24(23(18-28)19-29)6-11-27(12-7-24)16-20-4-9-26-10-5-20/h1-5,9-10,14,23,29H,6-8,11-13,16-19H2/t23-/m1/s1. The number of rotatable bonds is 5. The molecular weight excluding hydrogens is 360 g/mol. The van der Waals surface area contributed by atoms with E-state index in [2.05, 4.69) is 39.1 Å². The van der Waals surface area contributed by atoms with Crippen LogP contribution in [0.15, 0.2) is 48.8 Å². The van der Waals surface area contributed by atoms with Gasteiger partial charge in [0.2, 0.25) is 0 Å². The van der Waals surface area contributed by atoms with Crippen molar-refractivity contribution in [3.8, 4) is 6.07 Å². The summed E-state index contributed by atoms with van der Waals surface area (Å²) in [6.45, 7) is 6.32. The normalized spacial score (nSPS) is 22.4. The average molecular weight is 391 g/mol. The van der Waals surface area contributed by atoms with Crippen molar-refractivity contribution in [2.75, 3.05) is 32.8 Å². The predicted molar refractivity (Wildman–Crippen MR) is 113 cm³/mol. The Balaban J connectivity index is 1.35. The van der Waals surface area contributed by atoms with Crippen LogP contribution < -0.4 is 0 Å². The fourth-order valence-corrected chi connectivity index (χ4v) is 5.14. The first-order chi connectivity index (χ1) is 14.2. The molecule has 4 rings (SSSR count). The van der Waals surface area contributed by atoms with Crippen molar-refractivity contribution in [3.63, 3.8) is 0 Å². The van der Waals surface area contributed by atoms with Gasteiger partial charge in [0.25, 0.3) is 0 Å². The molecule has 2 saturated heterocycles. The van der Waals surface area contributed by atoms with Gasteiger partial charge in [0, 0.05) is 44.6 Å². The van der Waals surface area contributed by atoms with E-state index in [-0.39, 0.29) is 12.0 Å². The van der Waals surface area contributed by atoms with Crippen molar-refractivity contribution >= 4 is 0 Å². The maximum atomic E-state index is 10.2. The summed E-state index contributed by atoms with van der Waals surface area (Å²) in [4.78, 5) is 9.09. The lowest BCUT2D eigenvalue weighted by molar-refractivity contribution is -0.0450. The van der Waals surface area contributed by atoms with E-state index in [1.54, 1.807) is 0 Å². The summed E-state index contributed by atoms with van der Waals surface area (Å²) in [6, 6.07) is 14.3. The number of hydrogen-bond donors (Lipinski definition) is 1. The van der Waals surface area contributed by atoms with E-state index in [0.29, 0.717) is 5.92 Å². The van der Waals surface area contributed by atoms with Gasteiger partial charge >= 0.3 is 0 Å². The number of nitrogens with zero attached hydrogens (tertiary/aromatic N) is 4. The Hall–Kier alpha value is -2.26. The minimum Gasteiger partial charge on any atom is -0.396 e. The number of likely N-dealkylation sites (tertiary alicyclic amines) is 2. The zero-order valence-corrected chi connectivity index (χ0v) is 17.0. The third-order valence-electron chi connectivity index (χ3n) is 6.96. The number of pyridine rings is 1. The van der Waals surface area contributed by atoms with E-state index in [0.717, 1.165) is 51.3 Å². The Kier molecular flexibility index (Phi) is 6.25. The number of benzene rings is 1. The van der Waals surface area contributed by atoms with E-state index in [1.807, 2.05) is 30.6 Å². The summed E-state index contributed by atoms with van der Waals surface area (Å²) in [6.07, 6.45) is 7.22. The predicted octanol–water partition coefficient (Wildman–Crippen LogP) is 3.05. The van der Waals surface area contributed by atoms with Crippen LogP contribution in [0.2, 0.25) is 0 Å². The highest BCUT2D eigenvalue weighted by Gasteiger charge is 2.44. The van der Waals surface area contributed by atoms with Gasteiger partial charge in [-0.25, -0.2) is 0 Å². The molecule has 1 spiro atoms. The molecule has 5 nitrogen and oxygen atoms in total. The van der Waals surface area contributed by atoms with Crippen LogP contribution in [0, 0.1) is 22.7 Å². The second-order valence-electron chi connectivity index (χ2n) is 8.67. The van der Waals surface area contributed by atoms with E-state index in [1.165, 1.54) is 24.0 Å². The van der Waals surface area contributed by atoms with Crippen LogP contribution in [0.1, 0.15) is 36.0 Å². The summed E-state index contributed by atoms with van der Waals surface area (Å²) in [5.41, 5.74) is 3.50. The maximum absolute atomic E-state index is 10.2. The number of aliphatic hydroxyl groups is 1. The van der Waals surface area contributed by atoms with Gasteiger partial charge in [0.15, 0.2) is 0 Å². The Labute approximate surface area is 173 Å². The number of aromatic nitrogens is 1. The lowest BCUT2D eigenvalue weighted by atomic mass is 9.64. The highest BCUT2D eigenvalue weighted by molar-refractivity contribution is 5.32. The van der Waals surface area contributed by atoms with E-state index in [9.17, 15) is 5.11 Å². The third-order valence-corrected chi connectivity index (χ3v) is 6.96. The smallest absolute Gasteiger partial charge is 0.0991 e. The zero-order chi connectivity index (χ0) is 20.1. The number of aliphatic hydroxyl groups excluding tert-OH is 1. The van der Waals surface area contributed by atoms with Crippen LogP contribution in [-0.2, 0) is 13.1 Å². The number of hydrogen-bond acceptors (Lipinski definition) is 5. The molecule has 3 heterocycles. The first-order valence-electron chi connectivity index (χ1n) is 10.6. The van der Waals surface area contributed by atoms with Crippen molar-refractivity contribution in [1.29, 1.82) is 5.26 Å². The molecule has 0 unspecified atom stereocenters. The molecule has 1 aromatic heterocycles. The van der Waals surface area contributed by atoms with Crippen molar-refractivity contribution in [2.45, 2.75) is 32.4 Å². The first kappa shape index (κ1) is 20.0. The first-order valence-corrected chi connectivity index (χ1v) is 10.6. The van der Waals surface area contributed by atoms with Crippen LogP contribution in [0.5, 0.6) is 0 Å². The summed E-state index contributed by atoms with van der Waals surface area (Å²) < 4.78 is 0. The summed E-state index contributed by atoms with van der Waals surface area (Å²) in [5, 5.41) is 19.3. The molecule has 2 aliphatic heterocycles. The van der Waals surface area contributed by atoms with Crippen molar-refractivity contribution in [1.82, 2.24) is 14.8 Å². The Bertz CT molecular complexity index is 839. The van der Waals surface area contributed by atoms with E-state index in [4.69, 9.17) is 5.26 Å². The summed E-state index contributed by atoms with van der Waals surface area (Å²) in [7, 11) is 0. The molecule has 2 aromatic rings. The molecule has 5 heteroatoms. The minimum atomic E-state index is 0.263. The van der Waals surface area contributed by atoms with Crippen molar-refractivity contribution in [3.05, 3.63) is 65.5 Å². The van der Waals surface area contributed by atoms with Gasteiger partial charge in [0.05, 0.1) is 11.6 Å². The Morgan fingerprint density at radius 1 is 1.00 bits per heavy atom. The van der Waals surface area contributed by atoms with Crippen LogP contribution >= 0.6 is 0 Å². The molecule has 29 heavy (non-hydrogen) atoms. The Morgan fingerprint density at radius 2 is 1.69 bits per heavy atom. The van der Waals surface area contributed by atoms with Crippen LogP contribution in [0.4, 0.5) is 0 Å². The number of nitriles is 1. The molecular formula is C24H30N4O.